The Morgan fingerprint density at radius 1 is 1.08 bits per heavy atom. The van der Waals surface area contributed by atoms with Crippen LogP contribution in [-0.4, -0.2) is 45.6 Å². The first-order chi connectivity index (χ1) is 17.7. The molecule has 5 rings (SSSR count). The first kappa shape index (κ1) is 23.6. The molecular formula is C25H21N5O4S2. The summed E-state index contributed by atoms with van der Waals surface area (Å²) >= 11 is 2.62. The van der Waals surface area contributed by atoms with Crippen molar-refractivity contribution >= 4 is 34.1 Å². The van der Waals surface area contributed by atoms with Gasteiger partial charge in [-0.15, -0.1) is 21.5 Å². The van der Waals surface area contributed by atoms with Crippen LogP contribution in [-0.2, 0) is 4.79 Å². The Morgan fingerprint density at radius 2 is 1.94 bits per heavy atom. The fraction of sp³-hybridized carbons (Fsp3) is 0.120. The van der Waals surface area contributed by atoms with E-state index >= 15 is 0 Å². The van der Waals surface area contributed by atoms with Gasteiger partial charge in [-0.2, -0.15) is 0 Å². The number of methoxy groups -OCH3 is 2. The summed E-state index contributed by atoms with van der Waals surface area (Å²) in [6.07, 6.45) is 1.56. The standard InChI is InChI=1S/C25H21N5O4S2/c1-32-17-10-11-20(33-2)19(13-17)30-23(21-9-6-12-34-21)28-29-25(30)36-15-22(31)27-24-26-18(14-35-24)16-7-4-3-5-8-16/h3-14H,15H2,1-2H3,(H,26,27,31). The number of nitrogens with one attached hydrogen (secondary N) is 1. The largest absolute Gasteiger partial charge is 0.497 e. The minimum Gasteiger partial charge on any atom is -0.497 e. The predicted molar refractivity (Wildman–Crippen MR) is 139 cm³/mol. The normalized spacial score (nSPS) is 10.8. The van der Waals surface area contributed by atoms with Gasteiger partial charge in [0.1, 0.15) is 11.5 Å². The Hall–Kier alpha value is -4.09. The van der Waals surface area contributed by atoms with Crippen LogP contribution >= 0.6 is 23.1 Å². The smallest absolute Gasteiger partial charge is 0.236 e. The molecule has 36 heavy (non-hydrogen) atoms. The van der Waals surface area contributed by atoms with Crippen LogP contribution in [0.1, 0.15) is 0 Å². The second kappa shape index (κ2) is 10.7. The number of benzene rings is 2. The van der Waals surface area contributed by atoms with Crippen molar-refractivity contribution in [2.24, 2.45) is 0 Å². The van der Waals surface area contributed by atoms with Crippen molar-refractivity contribution in [1.82, 2.24) is 19.7 Å². The van der Waals surface area contributed by atoms with E-state index < -0.39 is 0 Å². The highest BCUT2D eigenvalue weighted by molar-refractivity contribution is 7.99. The van der Waals surface area contributed by atoms with Crippen molar-refractivity contribution in [1.29, 1.82) is 0 Å². The molecule has 5 aromatic rings. The number of rotatable bonds is 9. The molecule has 0 fully saturated rings. The predicted octanol–water partition coefficient (Wildman–Crippen LogP) is 5.40. The molecule has 0 aliphatic heterocycles. The number of carbonyl (C=O) groups excluding carboxylic acids is 1. The SMILES string of the molecule is COc1ccc(OC)c(-n2c(SCC(=O)Nc3nc(-c4ccccc4)cs3)nnc2-c2ccco2)c1. The highest BCUT2D eigenvalue weighted by atomic mass is 32.2. The fourth-order valence-electron chi connectivity index (χ4n) is 3.48. The van der Waals surface area contributed by atoms with Crippen LogP contribution in [0, 0.1) is 0 Å². The van der Waals surface area contributed by atoms with E-state index in [9.17, 15) is 4.79 Å². The lowest BCUT2D eigenvalue weighted by Gasteiger charge is -2.14. The molecule has 9 nitrogen and oxygen atoms in total. The third kappa shape index (κ3) is 4.97. The molecule has 0 radical (unpaired) electrons. The van der Waals surface area contributed by atoms with Gasteiger partial charge in [-0.25, -0.2) is 4.98 Å². The summed E-state index contributed by atoms with van der Waals surface area (Å²) in [6, 6.07) is 18.8. The number of anilines is 1. The summed E-state index contributed by atoms with van der Waals surface area (Å²) in [7, 11) is 3.17. The molecule has 1 amide bonds. The molecule has 1 N–H and O–H groups in total. The number of thiazole rings is 1. The molecule has 3 aromatic heterocycles. The maximum Gasteiger partial charge on any atom is 0.236 e. The Kier molecular flexibility index (Phi) is 7.01. The third-order valence-electron chi connectivity index (χ3n) is 5.15. The maximum absolute atomic E-state index is 12.8. The summed E-state index contributed by atoms with van der Waals surface area (Å²) in [5.41, 5.74) is 2.47. The number of aromatic nitrogens is 4. The molecule has 2 aromatic carbocycles. The van der Waals surface area contributed by atoms with Crippen molar-refractivity contribution in [3.8, 4) is 40.0 Å². The zero-order valence-electron chi connectivity index (χ0n) is 19.4. The van der Waals surface area contributed by atoms with Gasteiger partial charge >= 0.3 is 0 Å². The molecular weight excluding hydrogens is 498 g/mol. The van der Waals surface area contributed by atoms with Gasteiger partial charge in [0, 0.05) is 17.0 Å². The maximum atomic E-state index is 12.8. The Labute approximate surface area is 215 Å². The van der Waals surface area contributed by atoms with Crippen LogP contribution < -0.4 is 14.8 Å². The quantitative estimate of drug-likeness (QED) is 0.258. The molecule has 0 aliphatic rings. The van der Waals surface area contributed by atoms with Crippen LogP contribution in [0.5, 0.6) is 11.5 Å². The number of amides is 1. The van der Waals surface area contributed by atoms with Crippen LogP contribution in [0.2, 0.25) is 0 Å². The summed E-state index contributed by atoms with van der Waals surface area (Å²) < 4.78 is 18.4. The number of nitrogens with zero attached hydrogens (tertiary/aromatic N) is 4. The van der Waals surface area contributed by atoms with Crippen LogP contribution in [0.3, 0.4) is 0 Å². The summed E-state index contributed by atoms with van der Waals surface area (Å²) in [6.45, 7) is 0. The Bertz CT molecular complexity index is 1470. The second-order valence-corrected chi connectivity index (χ2v) is 9.20. The average molecular weight is 520 g/mol. The molecule has 0 aliphatic carbocycles. The molecule has 182 valence electrons. The van der Waals surface area contributed by atoms with Crippen molar-refractivity contribution in [2.45, 2.75) is 5.16 Å². The van der Waals surface area contributed by atoms with Gasteiger partial charge in [-0.3, -0.25) is 9.36 Å². The second-order valence-electron chi connectivity index (χ2n) is 7.40. The number of furan rings is 1. The van der Waals surface area contributed by atoms with Crippen molar-refractivity contribution in [3.63, 3.8) is 0 Å². The van der Waals surface area contributed by atoms with Gasteiger partial charge in [0.25, 0.3) is 0 Å². The lowest BCUT2D eigenvalue weighted by molar-refractivity contribution is -0.113. The lowest BCUT2D eigenvalue weighted by Crippen LogP contribution is -2.14. The van der Waals surface area contributed by atoms with E-state index in [1.807, 2.05) is 41.8 Å². The van der Waals surface area contributed by atoms with E-state index in [2.05, 4.69) is 20.5 Å². The molecule has 0 unspecified atom stereocenters. The molecule has 0 saturated carbocycles. The van der Waals surface area contributed by atoms with Gasteiger partial charge in [0.05, 0.1) is 37.6 Å². The molecule has 0 saturated heterocycles. The van der Waals surface area contributed by atoms with Crippen LogP contribution in [0.15, 0.2) is 81.9 Å². The van der Waals surface area contributed by atoms with E-state index in [4.69, 9.17) is 13.9 Å². The van der Waals surface area contributed by atoms with Gasteiger partial charge in [-0.1, -0.05) is 42.1 Å². The van der Waals surface area contributed by atoms with Crippen molar-refractivity contribution in [2.75, 3.05) is 25.3 Å². The minimum atomic E-state index is -0.208. The highest BCUT2D eigenvalue weighted by Gasteiger charge is 2.22. The number of hydrogen-bond acceptors (Lipinski definition) is 9. The van der Waals surface area contributed by atoms with E-state index in [-0.39, 0.29) is 11.7 Å². The van der Waals surface area contributed by atoms with E-state index in [1.54, 1.807) is 49.3 Å². The summed E-state index contributed by atoms with van der Waals surface area (Å²) in [4.78, 5) is 17.3. The van der Waals surface area contributed by atoms with Gasteiger partial charge in [0.2, 0.25) is 11.7 Å². The monoisotopic (exact) mass is 519 g/mol. The lowest BCUT2D eigenvalue weighted by atomic mass is 10.2. The van der Waals surface area contributed by atoms with E-state index in [1.165, 1.54) is 23.1 Å². The molecule has 3 heterocycles. The van der Waals surface area contributed by atoms with Crippen molar-refractivity contribution in [3.05, 3.63) is 72.3 Å². The van der Waals surface area contributed by atoms with Gasteiger partial charge in [0.15, 0.2) is 16.0 Å². The summed E-state index contributed by atoms with van der Waals surface area (Å²) in [5.74, 6) is 2.12. The number of carbonyl (C=O) groups is 1. The average Bonchev–Trinajstić information content (AvgIpc) is 3.68. The van der Waals surface area contributed by atoms with E-state index in [0.29, 0.717) is 39.1 Å². The third-order valence-corrected chi connectivity index (χ3v) is 6.84. The minimum absolute atomic E-state index is 0.100. The number of hydrogen-bond donors (Lipinski definition) is 1. The van der Waals surface area contributed by atoms with Crippen LogP contribution in [0.25, 0.3) is 28.5 Å². The molecule has 0 spiro atoms. The Morgan fingerprint density at radius 3 is 2.69 bits per heavy atom. The molecule has 0 atom stereocenters. The molecule has 0 bridgehead atoms. The first-order valence-corrected chi connectivity index (χ1v) is 12.7. The molecule has 11 heteroatoms. The van der Waals surface area contributed by atoms with E-state index in [0.717, 1.165) is 11.3 Å². The zero-order chi connectivity index (χ0) is 24.9. The topological polar surface area (TPSA) is 104 Å². The van der Waals surface area contributed by atoms with Crippen LogP contribution in [0.4, 0.5) is 5.13 Å². The number of ether oxygens (including phenoxy) is 2. The fourth-order valence-corrected chi connectivity index (χ4v) is 4.96. The first-order valence-electron chi connectivity index (χ1n) is 10.8. The Balaban J connectivity index is 1.38. The highest BCUT2D eigenvalue weighted by Crippen LogP contribution is 2.35. The van der Waals surface area contributed by atoms with Gasteiger partial charge in [-0.05, 0) is 24.3 Å². The zero-order valence-corrected chi connectivity index (χ0v) is 21.0. The summed E-state index contributed by atoms with van der Waals surface area (Å²) in [5, 5.41) is 14.5. The van der Waals surface area contributed by atoms with Crippen molar-refractivity contribution < 1.29 is 18.7 Å². The van der Waals surface area contributed by atoms with Gasteiger partial charge < -0.3 is 19.2 Å². The number of thioether (sulfide) groups is 1.